The number of carbonyl (C=O) groups is 1. The highest BCUT2D eigenvalue weighted by atomic mass is 16.5. The first-order valence-corrected chi connectivity index (χ1v) is 4.69. The largest absolute Gasteiger partial charge is 0.379 e. The summed E-state index contributed by atoms with van der Waals surface area (Å²) in [5.41, 5.74) is 0. The number of ether oxygens (including phenoxy) is 1. The van der Waals surface area contributed by atoms with Gasteiger partial charge in [-0.1, -0.05) is 6.08 Å². The van der Waals surface area contributed by atoms with Gasteiger partial charge in [-0.05, 0) is 13.3 Å². The second-order valence-electron chi connectivity index (χ2n) is 3.30. The number of Topliss-reactive ketones (excluding diaryl/α,β-unsaturated/α-hetero) is 1. The zero-order valence-corrected chi connectivity index (χ0v) is 8.16. The molecule has 1 saturated heterocycles. The van der Waals surface area contributed by atoms with E-state index in [0.717, 1.165) is 32.7 Å². The van der Waals surface area contributed by atoms with Crippen LogP contribution in [0.25, 0.3) is 0 Å². The summed E-state index contributed by atoms with van der Waals surface area (Å²) in [6.07, 6.45) is 2.55. The zero-order chi connectivity index (χ0) is 9.68. The van der Waals surface area contributed by atoms with Crippen molar-refractivity contribution in [3.63, 3.8) is 0 Å². The van der Waals surface area contributed by atoms with Crippen LogP contribution in [0.2, 0.25) is 0 Å². The molecule has 1 fully saturated rings. The van der Waals surface area contributed by atoms with E-state index in [4.69, 9.17) is 4.74 Å². The monoisotopic (exact) mass is 183 g/mol. The van der Waals surface area contributed by atoms with Crippen molar-refractivity contribution in [3.05, 3.63) is 12.7 Å². The molecule has 13 heavy (non-hydrogen) atoms. The predicted octanol–water partition coefficient (Wildman–Crippen LogP) is 0.852. The predicted molar refractivity (Wildman–Crippen MR) is 51.7 cm³/mol. The fourth-order valence-electron chi connectivity index (χ4n) is 1.62. The van der Waals surface area contributed by atoms with Gasteiger partial charge in [-0.25, -0.2) is 0 Å². The summed E-state index contributed by atoms with van der Waals surface area (Å²) in [6.45, 7) is 8.50. The van der Waals surface area contributed by atoms with Gasteiger partial charge in [0.1, 0.15) is 5.78 Å². The zero-order valence-electron chi connectivity index (χ0n) is 8.16. The lowest BCUT2D eigenvalue weighted by atomic mass is 10.1. The summed E-state index contributed by atoms with van der Waals surface area (Å²) in [7, 11) is 0. The highest BCUT2D eigenvalue weighted by Gasteiger charge is 2.22. The Hall–Kier alpha value is -0.670. The van der Waals surface area contributed by atoms with E-state index in [1.165, 1.54) is 0 Å². The highest BCUT2D eigenvalue weighted by molar-refractivity contribution is 5.81. The van der Waals surface area contributed by atoms with Crippen LogP contribution in [-0.4, -0.2) is 43.0 Å². The molecule has 3 nitrogen and oxygen atoms in total. The quantitative estimate of drug-likeness (QED) is 0.605. The van der Waals surface area contributed by atoms with Crippen LogP contribution in [0.5, 0.6) is 0 Å². The minimum Gasteiger partial charge on any atom is -0.379 e. The molecule has 3 heteroatoms. The van der Waals surface area contributed by atoms with Gasteiger partial charge >= 0.3 is 0 Å². The fraction of sp³-hybridized carbons (Fsp3) is 0.700. The van der Waals surface area contributed by atoms with E-state index in [1.807, 2.05) is 6.08 Å². The topological polar surface area (TPSA) is 29.5 Å². The van der Waals surface area contributed by atoms with Crippen molar-refractivity contribution in [2.75, 3.05) is 26.3 Å². The maximum atomic E-state index is 11.3. The molecule has 1 atom stereocenters. The molecule has 1 heterocycles. The van der Waals surface area contributed by atoms with Crippen molar-refractivity contribution < 1.29 is 9.53 Å². The van der Waals surface area contributed by atoms with Crippen LogP contribution in [0.15, 0.2) is 12.7 Å². The van der Waals surface area contributed by atoms with Gasteiger partial charge in [0.15, 0.2) is 0 Å². The summed E-state index contributed by atoms with van der Waals surface area (Å²) < 4.78 is 5.23. The minimum absolute atomic E-state index is 0.0152. The van der Waals surface area contributed by atoms with Crippen molar-refractivity contribution in [1.82, 2.24) is 4.90 Å². The number of hydrogen-bond acceptors (Lipinski definition) is 3. The Labute approximate surface area is 79.4 Å². The Balaban J connectivity index is 2.51. The average Bonchev–Trinajstić information content (AvgIpc) is 2.15. The highest BCUT2D eigenvalue weighted by Crippen LogP contribution is 2.08. The van der Waals surface area contributed by atoms with Gasteiger partial charge in [-0.2, -0.15) is 0 Å². The first kappa shape index (κ1) is 10.4. The number of hydrogen-bond donors (Lipinski definition) is 0. The van der Waals surface area contributed by atoms with E-state index in [0.29, 0.717) is 0 Å². The summed E-state index contributed by atoms with van der Waals surface area (Å²) in [5.74, 6) is 0.224. The molecule has 0 bridgehead atoms. The number of ketones is 1. The first-order valence-electron chi connectivity index (χ1n) is 4.69. The van der Waals surface area contributed by atoms with Crippen LogP contribution in [-0.2, 0) is 9.53 Å². The minimum atomic E-state index is 0.0152. The molecular formula is C10H17NO2. The number of morpholine rings is 1. The third-order valence-corrected chi connectivity index (χ3v) is 2.35. The maximum absolute atomic E-state index is 11.3. The molecule has 0 amide bonds. The molecule has 0 aromatic heterocycles. The third-order valence-electron chi connectivity index (χ3n) is 2.35. The van der Waals surface area contributed by atoms with Gasteiger partial charge in [0, 0.05) is 13.1 Å². The lowest BCUT2D eigenvalue weighted by molar-refractivity contribution is -0.123. The maximum Gasteiger partial charge on any atom is 0.147 e. The summed E-state index contributed by atoms with van der Waals surface area (Å²) in [4.78, 5) is 13.5. The van der Waals surface area contributed by atoms with Gasteiger partial charge < -0.3 is 4.74 Å². The van der Waals surface area contributed by atoms with Crippen molar-refractivity contribution in [2.45, 2.75) is 19.4 Å². The molecule has 1 aliphatic heterocycles. The second kappa shape index (κ2) is 5.14. The van der Waals surface area contributed by atoms with E-state index >= 15 is 0 Å². The smallest absolute Gasteiger partial charge is 0.147 e. The number of rotatable bonds is 4. The Bertz CT molecular complexity index is 185. The van der Waals surface area contributed by atoms with Crippen LogP contribution in [0.4, 0.5) is 0 Å². The lowest BCUT2D eigenvalue weighted by Gasteiger charge is -2.32. The summed E-state index contributed by atoms with van der Waals surface area (Å²) in [5, 5.41) is 0. The molecule has 0 radical (unpaired) electrons. The molecule has 74 valence electrons. The van der Waals surface area contributed by atoms with E-state index < -0.39 is 0 Å². The van der Waals surface area contributed by atoms with Crippen LogP contribution in [0.1, 0.15) is 13.3 Å². The lowest BCUT2D eigenvalue weighted by Crippen LogP contribution is -2.46. The van der Waals surface area contributed by atoms with Crippen LogP contribution < -0.4 is 0 Å². The van der Waals surface area contributed by atoms with Crippen LogP contribution in [0, 0.1) is 0 Å². The van der Waals surface area contributed by atoms with Crippen LogP contribution >= 0.6 is 0 Å². The molecule has 1 aliphatic rings. The molecular weight excluding hydrogens is 166 g/mol. The van der Waals surface area contributed by atoms with Crippen molar-refractivity contribution in [1.29, 1.82) is 0 Å². The normalized spacial score (nSPS) is 21.0. The molecule has 0 aliphatic carbocycles. The van der Waals surface area contributed by atoms with E-state index in [2.05, 4.69) is 11.5 Å². The molecule has 0 aromatic carbocycles. The van der Waals surface area contributed by atoms with E-state index in [-0.39, 0.29) is 11.8 Å². The summed E-state index contributed by atoms with van der Waals surface area (Å²) >= 11 is 0. The van der Waals surface area contributed by atoms with Gasteiger partial charge in [0.2, 0.25) is 0 Å². The van der Waals surface area contributed by atoms with Crippen molar-refractivity contribution in [3.8, 4) is 0 Å². The molecule has 1 rings (SSSR count). The Kier molecular flexibility index (Phi) is 4.12. The Morgan fingerprint density at radius 1 is 1.62 bits per heavy atom. The molecule has 0 N–H and O–H groups in total. The van der Waals surface area contributed by atoms with Crippen molar-refractivity contribution in [2.24, 2.45) is 0 Å². The molecule has 0 spiro atoms. The number of carbonyl (C=O) groups excluding carboxylic acids is 1. The third kappa shape index (κ3) is 2.94. The Morgan fingerprint density at radius 2 is 2.23 bits per heavy atom. The average molecular weight is 183 g/mol. The summed E-state index contributed by atoms with van der Waals surface area (Å²) in [6, 6.07) is 0.0152. The fourth-order valence-corrected chi connectivity index (χ4v) is 1.62. The second-order valence-corrected chi connectivity index (χ2v) is 3.30. The Morgan fingerprint density at radius 3 is 2.69 bits per heavy atom. The molecule has 1 unspecified atom stereocenters. The van der Waals surface area contributed by atoms with Gasteiger partial charge in [0.05, 0.1) is 19.3 Å². The van der Waals surface area contributed by atoms with Gasteiger partial charge in [0.25, 0.3) is 0 Å². The SMILES string of the molecule is C=CCC(C(C)=O)N1CCOCC1. The van der Waals surface area contributed by atoms with Gasteiger partial charge in [-0.3, -0.25) is 9.69 Å². The first-order chi connectivity index (χ1) is 6.25. The molecule has 0 saturated carbocycles. The van der Waals surface area contributed by atoms with Crippen LogP contribution in [0.3, 0.4) is 0 Å². The molecule has 0 aromatic rings. The number of nitrogens with zero attached hydrogens (tertiary/aromatic N) is 1. The van der Waals surface area contributed by atoms with Crippen molar-refractivity contribution >= 4 is 5.78 Å². The van der Waals surface area contributed by atoms with E-state index in [1.54, 1.807) is 6.92 Å². The van der Waals surface area contributed by atoms with E-state index in [9.17, 15) is 4.79 Å². The standard InChI is InChI=1S/C10H17NO2/c1-3-4-10(9(2)12)11-5-7-13-8-6-11/h3,10H,1,4-8H2,2H3. The van der Waals surface area contributed by atoms with Gasteiger partial charge in [-0.15, -0.1) is 6.58 Å².